The van der Waals surface area contributed by atoms with Crippen LogP contribution in [0.15, 0.2) is 18.2 Å². The van der Waals surface area contributed by atoms with Crippen molar-refractivity contribution in [1.82, 2.24) is 15.3 Å². The second kappa shape index (κ2) is 6.26. The molecule has 0 atom stereocenters. The van der Waals surface area contributed by atoms with E-state index in [1.54, 1.807) is 0 Å². The summed E-state index contributed by atoms with van der Waals surface area (Å²) in [6.07, 6.45) is 1.48. The number of aromatic amines is 1. The average molecular weight is 288 g/mol. The topological polar surface area (TPSA) is 83.8 Å². The Morgan fingerprint density at radius 2 is 2.10 bits per heavy atom. The minimum absolute atomic E-state index is 0.00615. The van der Waals surface area contributed by atoms with Crippen LogP contribution in [0.25, 0.3) is 11.0 Å². The standard InChI is InChI=1S/C16H24N4O/c1-4-16(5-2,10-17)15(21)18-9-14-19-12-7-6-11(3)8-13(12)20-14/h6-8H,4-5,9-10,17H2,1-3H3,(H,18,21)(H,19,20). The molecule has 114 valence electrons. The molecule has 5 heteroatoms. The van der Waals surface area contributed by atoms with Gasteiger partial charge in [0, 0.05) is 6.54 Å². The lowest BCUT2D eigenvalue weighted by Crippen LogP contribution is -2.45. The van der Waals surface area contributed by atoms with E-state index in [-0.39, 0.29) is 5.91 Å². The largest absolute Gasteiger partial charge is 0.348 e. The van der Waals surface area contributed by atoms with Gasteiger partial charge in [0.2, 0.25) is 5.91 Å². The van der Waals surface area contributed by atoms with Gasteiger partial charge in [-0.05, 0) is 37.5 Å². The zero-order valence-electron chi connectivity index (χ0n) is 13.0. The van der Waals surface area contributed by atoms with Crippen molar-refractivity contribution in [3.63, 3.8) is 0 Å². The van der Waals surface area contributed by atoms with Crippen LogP contribution in [0.1, 0.15) is 38.1 Å². The highest BCUT2D eigenvalue weighted by atomic mass is 16.2. The van der Waals surface area contributed by atoms with Crippen molar-refractivity contribution in [1.29, 1.82) is 0 Å². The quantitative estimate of drug-likeness (QED) is 0.762. The number of H-pyrrole nitrogens is 1. The molecule has 0 unspecified atom stereocenters. The molecular formula is C16H24N4O. The summed E-state index contributed by atoms with van der Waals surface area (Å²) in [6, 6.07) is 6.06. The van der Waals surface area contributed by atoms with Gasteiger partial charge in [-0.2, -0.15) is 0 Å². The molecular weight excluding hydrogens is 264 g/mol. The third kappa shape index (κ3) is 3.08. The van der Waals surface area contributed by atoms with E-state index in [0.717, 1.165) is 29.7 Å². The molecule has 0 fully saturated rings. The van der Waals surface area contributed by atoms with E-state index in [1.807, 2.05) is 32.9 Å². The molecule has 1 aromatic heterocycles. The molecule has 21 heavy (non-hydrogen) atoms. The minimum Gasteiger partial charge on any atom is -0.348 e. The number of rotatable bonds is 6. The van der Waals surface area contributed by atoms with Crippen LogP contribution in [0, 0.1) is 12.3 Å². The second-order valence-electron chi connectivity index (χ2n) is 5.58. The molecule has 0 saturated carbocycles. The Kier molecular flexibility index (Phi) is 4.63. The SMILES string of the molecule is CCC(CC)(CN)C(=O)NCc1nc2ccc(C)cc2[nH]1. The Balaban J connectivity index is 2.09. The van der Waals surface area contributed by atoms with Crippen LogP contribution in [0.4, 0.5) is 0 Å². The number of hydrogen-bond donors (Lipinski definition) is 3. The number of nitrogens with two attached hydrogens (primary N) is 1. The number of amides is 1. The molecule has 0 aliphatic carbocycles. The van der Waals surface area contributed by atoms with E-state index < -0.39 is 5.41 Å². The van der Waals surface area contributed by atoms with E-state index >= 15 is 0 Å². The first-order valence-corrected chi connectivity index (χ1v) is 7.48. The van der Waals surface area contributed by atoms with Crippen LogP contribution < -0.4 is 11.1 Å². The van der Waals surface area contributed by atoms with Crippen LogP contribution in [-0.2, 0) is 11.3 Å². The fourth-order valence-corrected chi connectivity index (χ4v) is 2.56. The van der Waals surface area contributed by atoms with E-state index in [9.17, 15) is 4.79 Å². The van der Waals surface area contributed by atoms with Crippen molar-refractivity contribution < 1.29 is 4.79 Å². The van der Waals surface area contributed by atoms with Crippen molar-refractivity contribution in [3.05, 3.63) is 29.6 Å². The molecule has 1 aromatic carbocycles. The molecule has 1 heterocycles. The van der Waals surface area contributed by atoms with Gasteiger partial charge in [0.05, 0.1) is 23.0 Å². The molecule has 5 nitrogen and oxygen atoms in total. The van der Waals surface area contributed by atoms with Crippen molar-refractivity contribution in [2.45, 2.75) is 40.2 Å². The first kappa shape index (κ1) is 15.5. The summed E-state index contributed by atoms with van der Waals surface area (Å²) >= 11 is 0. The fourth-order valence-electron chi connectivity index (χ4n) is 2.56. The molecule has 0 saturated heterocycles. The highest BCUT2D eigenvalue weighted by Crippen LogP contribution is 2.25. The zero-order valence-corrected chi connectivity index (χ0v) is 13.0. The van der Waals surface area contributed by atoms with Gasteiger partial charge in [0.15, 0.2) is 0 Å². The molecule has 0 aliphatic heterocycles. The van der Waals surface area contributed by atoms with Gasteiger partial charge in [-0.25, -0.2) is 4.98 Å². The van der Waals surface area contributed by atoms with Crippen molar-refractivity contribution >= 4 is 16.9 Å². The molecule has 2 rings (SSSR count). The summed E-state index contributed by atoms with van der Waals surface area (Å²) in [5, 5.41) is 2.96. The number of carbonyl (C=O) groups is 1. The zero-order chi connectivity index (χ0) is 15.5. The summed E-state index contributed by atoms with van der Waals surface area (Å²) in [7, 11) is 0. The molecule has 1 amide bonds. The summed E-state index contributed by atoms with van der Waals surface area (Å²) in [5.74, 6) is 0.772. The van der Waals surface area contributed by atoms with E-state index in [0.29, 0.717) is 13.1 Å². The Morgan fingerprint density at radius 3 is 2.71 bits per heavy atom. The summed E-state index contributed by atoms with van der Waals surface area (Å²) in [4.78, 5) is 20.1. The van der Waals surface area contributed by atoms with Gasteiger partial charge in [0.1, 0.15) is 5.82 Å². The maximum absolute atomic E-state index is 12.4. The van der Waals surface area contributed by atoms with Crippen LogP contribution in [-0.4, -0.2) is 22.4 Å². The minimum atomic E-state index is -0.470. The van der Waals surface area contributed by atoms with E-state index in [4.69, 9.17) is 5.73 Å². The normalized spacial score (nSPS) is 11.8. The highest BCUT2D eigenvalue weighted by Gasteiger charge is 2.33. The van der Waals surface area contributed by atoms with E-state index in [1.165, 1.54) is 5.56 Å². The van der Waals surface area contributed by atoms with Crippen molar-refractivity contribution in [3.8, 4) is 0 Å². The van der Waals surface area contributed by atoms with E-state index in [2.05, 4.69) is 21.4 Å². The molecule has 2 aromatic rings. The van der Waals surface area contributed by atoms with Gasteiger partial charge >= 0.3 is 0 Å². The molecule has 0 bridgehead atoms. The van der Waals surface area contributed by atoms with Crippen molar-refractivity contribution in [2.24, 2.45) is 11.1 Å². The third-order valence-electron chi connectivity index (χ3n) is 4.33. The maximum Gasteiger partial charge on any atom is 0.227 e. The number of nitrogens with one attached hydrogen (secondary N) is 2. The molecule has 4 N–H and O–H groups in total. The predicted octanol–water partition coefficient (Wildman–Crippen LogP) is 2.25. The van der Waals surface area contributed by atoms with Gasteiger partial charge < -0.3 is 16.0 Å². The number of fused-ring (bicyclic) bond motifs is 1. The number of carbonyl (C=O) groups excluding carboxylic acids is 1. The number of imidazole rings is 1. The van der Waals surface area contributed by atoms with Crippen molar-refractivity contribution in [2.75, 3.05) is 6.54 Å². The van der Waals surface area contributed by atoms with Crippen LogP contribution >= 0.6 is 0 Å². The van der Waals surface area contributed by atoms with Crippen LogP contribution in [0.2, 0.25) is 0 Å². The Morgan fingerprint density at radius 1 is 1.38 bits per heavy atom. The Labute approximate surface area is 125 Å². The smallest absolute Gasteiger partial charge is 0.227 e. The second-order valence-corrected chi connectivity index (χ2v) is 5.58. The monoisotopic (exact) mass is 288 g/mol. The Bertz CT molecular complexity index is 620. The first-order chi connectivity index (χ1) is 10.0. The predicted molar refractivity (Wildman–Crippen MR) is 84.7 cm³/mol. The summed E-state index contributed by atoms with van der Waals surface area (Å²) in [5.41, 5.74) is 8.42. The molecule has 0 aliphatic rings. The lowest BCUT2D eigenvalue weighted by Gasteiger charge is -2.28. The maximum atomic E-state index is 12.4. The Hall–Kier alpha value is -1.88. The number of nitrogens with zero attached hydrogens (tertiary/aromatic N) is 1. The summed E-state index contributed by atoms with van der Waals surface area (Å²) in [6.45, 7) is 6.80. The van der Waals surface area contributed by atoms with Gasteiger partial charge in [-0.15, -0.1) is 0 Å². The van der Waals surface area contributed by atoms with Crippen LogP contribution in [0.5, 0.6) is 0 Å². The lowest BCUT2D eigenvalue weighted by atomic mass is 9.81. The number of aromatic nitrogens is 2. The first-order valence-electron chi connectivity index (χ1n) is 7.48. The highest BCUT2D eigenvalue weighted by molar-refractivity contribution is 5.83. The molecule has 0 spiro atoms. The van der Waals surface area contributed by atoms with Gasteiger partial charge in [0.25, 0.3) is 0 Å². The summed E-state index contributed by atoms with van der Waals surface area (Å²) < 4.78 is 0. The fraction of sp³-hybridized carbons (Fsp3) is 0.500. The average Bonchev–Trinajstić information content (AvgIpc) is 2.89. The van der Waals surface area contributed by atoms with Gasteiger partial charge in [-0.3, -0.25) is 4.79 Å². The number of aryl methyl sites for hydroxylation is 1. The van der Waals surface area contributed by atoms with Gasteiger partial charge in [-0.1, -0.05) is 19.9 Å². The third-order valence-corrected chi connectivity index (χ3v) is 4.33. The molecule has 0 radical (unpaired) electrons. The lowest BCUT2D eigenvalue weighted by molar-refractivity contribution is -0.131. The number of benzene rings is 1. The van der Waals surface area contributed by atoms with Crippen LogP contribution in [0.3, 0.4) is 0 Å². The number of hydrogen-bond acceptors (Lipinski definition) is 3.